The van der Waals surface area contributed by atoms with Crippen molar-refractivity contribution in [1.82, 2.24) is 0 Å². The first kappa shape index (κ1) is 12.6. The minimum Gasteiger partial charge on any atom is -0.508 e. The first-order chi connectivity index (χ1) is 8.72. The van der Waals surface area contributed by atoms with E-state index in [9.17, 15) is 10.2 Å². The Hall–Kier alpha value is -1.90. The third-order valence-corrected chi connectivity index (χ3v) is 3.00. The van der Waals surface area contributed by atoms with E-state index in [4.69, 9.17) is 4.42 Å². The molecule has 3 nitrogen and oxygen atoms in total. The van der Waals surface area contributed by atoms with Crippen molar-refractivity contribution in [3.8, 4) is 22.8 Å². The van der Waals surface area contributed by atoms with Crippen molar-refractivity contribution in [2.45, 2.75) is 32.6 Å². The molecule has 1 aromatic heterocycles. The van der Waals surface area contributed by atoms with E-state index < -0.39 is 0 Å². The first-order valence-corrected chi connectivity index (χ1v) is 6.31. The van der Waals surface area contributed by atoms with Crippen molar-refractivity contribution in [2.24, 2.45) is 0 Å². The number of aryl methyl sites for hydroxylation is 1. The smallest absolute Gasteiger partial charge is 0.137 e. The molecule has 1 aromatic carbocycles. The minimum absolute atomic E-state index is 0.0662. The Bertz CT molecular complexity index is 501. The summed E-state index contributed by atoms with van der Waals surface area (Å²) in [5, 5.41) is 19.6. The van der Waals surface area contributed by atoms with Crippen LogP contribution in [-0.4, -0.2) is 10.2 Å². The zero-order chi connectivity index (χ0) is 13.0. The Labute approximate surface area is 107 Å². The quantitative estimate of drug-likeness (QED) is 0.781. The van der Waals surface area contributed by atoms with Crippen LogP contribution in [0.25, 0.3) is 11.3 Å². The van der Waals surface area contributed by atoms with Gasteiger partial charge in [0.15, 0.2) is 0 Å². The number of furan rings is 1. The molecule has 2 N–H and O–H groups in total. The molecule has 0 aliphatic heterocycles. The fourth-order valence-corrected chi connectivity index (χ4v) is 2.14. The normalized spacial score (nSPS) is 10.7. The molecule has 0 fully saturated rings. The first-order valence-electron chi connectivity index (χ1n) is 6.31. The summed E-state index contributed by atoms with van der Waals surface area (Å²) < 4.78 is 5.35. The van der Waals surface area contributed by atoms with E-state index >= 15 is 0 Å². The second kappa shape index (κ2) is 5.63. The summed E-state index contributed by atoms with van der Waals surface area (Å²) in [6.07, 6.45) is 5.71. The van der Waals surface area contributed by atoms with Gasteiger partial charge in [-0.05, 0) is 36.6 Å². The Morgan fingerprint density at radius 2 is 2.00 bits per heavy atom. The summed E-state index contributed by atoms with van der Waals surface area (Å²) in [6.45, 7) is 2.15. The van der Waals surface area contributed by atoms with Gasteiger partial charge in [0.25, 0.3) is 0 Å². The number of unbranched alkanes of at least 4 members (excludes halogenated alkanes) is 2. The molecule has 96 valence electrons. The van der Waals surface area contributed by atoms with Gasteiger partial charge in [0.1, 0.15) is 17.3 Å². The van der Waals surface area contributed by atoms with E-state index in [1.807, 2.05) is 6.07 Å². The molecule has 0 radical (unpaired) electrons. The van der Waals surface area contributed by atoms with Gasteiger partial charge in [-0.2, -0.15) is 0 Å². The standard InChI is InChI=1S/C15H18O3/c1-2-3-4-6-11-9-12(16)10-13(17)15(11)14-7-5-8-18-14/h5,7-10,16-17H,2-4,6H2,1H3. The van der Waals surface area contributed by atoms with Gasteiger partial charge >= 0.3 is 0 Å². The summed E-state index contributed by atoms with van der Waals surface area (Å²) in [7, 11) is 0. The van der Waals surface area contributed by atoms with Gasteiger partial charge in [0, 0.05) is 6.07 Å². The van der Waals surface area contributed by atoms with Crippen molar-refractivity contribution in [3.05, 3.63) is 36.1 Å². The molecule has 3 heteroatoms. The molecule has 0 saturated carbocycles. The van der Waals surface area contributed by atoms with Crippen LogP contribution >= 0.6 is 0 Å². The second-order valence-corrected chi connectivity index (χ2v) is 4.43. The highest BCUT2D eigenvalue weighted by Crippen LogP contribution is 2.37. The largest absolute Gasteiger partial charge is 0.508 e. The number of phenols is 2. The van der Waals surface area contributed by atoms with E-state index in [0.717, 1.165) is 31.2 Å². The van der Waals surface area contributed by atoms with Crippen LogP contribution in [0, 0.1) is 0 Å². The molecule has 0 aliphatic rings. The van der Waals surface area contributed by atoms with Gasteiger partial charge in [-0.3, -0.25) is 0 Å². The number of rotatable bonds is 5. The van der Waals surface area contributed by atoms with Crippen LogP contribution in [0.15, 0.2) is 34.9 Å². The summed E-state index contributed by atoms with van der Waals surface area (Å²) in [6, 6.07) is 6.65. The predicted octanol–water partition coefficient (Wildman–Crippen LogP) is 4.09. The van der Waals surface area contributed by atoms with Crippen molar-refractivity contribution in [3.63, 3.8) is 0 Å². The number of benzene rings is 1. The van der Waals surface area contributed by atoms with Crippen LogP contribution in [-0.2, 0) is 6.42 Å². The molecular weight excluding hydrogens is 228 g/mol. The lowest BCUT2D eigenvalue weighted by Gasteiger charge is -2.10. The second-order valence-electron chi connectivity index (χ2n) is 4.43. The predicted molar refractivity (Wildman–Crippen MR) is 70.7 cm³/mol. The highest BCUT2D eigenvalue weighted by atomic mass is 16.3. The molecule has 0 bridgehead atoms. The van der Waals surface area contributed by atoms with Crippen molar-refractivity contribution < 1.29 is 14.6 Å². The van der Waals surface area contributed by atoms with E-state index in [-0.39, 0.29) is 11.5 Å². The molecule has 1 heterocycles. The van der Waals surface area contributed by atoms with Crippen LogP contribution in [0.5, 0.6) is 11.5 Å². The molecule has 0 saturated heterocycles. The van der Waals surface area contributed by atoms with Gasteiger partial charge in [-0.1, -0.05) is 19.8 Å². The average Bonchev–Trinajstić information content (AvgIpc) is 2.82. The highest BCUT2D eigenvalue weighted by molar-refractivity contribution is 5.71. The molecule has 18 heavy (non-hydrogen) atoms. The van der Waals surface area contributed by atoms with Gasteiger partial charge < -0.3 is 14.6 Å². The average molecular weight is 246 g/mol. The van der Waals surface area contributed by atoms with Crippen molar-refractivity contribution >= 4 is 0 Å². The lowest BCUT2D eigenvalue weighted by atomic mass is 9.98. The fraction of sp³-hybridized carbons (Fsp3) is 0.333. The van der Waals surface area contributed by atoms with Crippen molar-refractivity contribution in [1.29, 1.82) is 0 Å². The molecule has 2 rings (SSSR count). The maximum Gasteiger partial charge on any atom is 0.137 e. The zero-order valence-electron chi connectivity index (χ0n) is 10.5. The topological polar surface area (TPSA) is 53.6 Å². The van der Waals surface area contributed by atoms with E-state index in [1.54, 1.807) is 18.4 Å². The third kappa shape index (κ3) is 2.67. The van der Waals surface area contributed by atoms with Crippen LogP contribution in [0.4, 0.5) is 0 Å². The third-order valence-electron chi connectivity index (χ3n) is 3.00. The zero-order valence-corrected chi connectivity index (χ0v) is 10.5. The molecule has 0 amide bonds. The molecule has 0 spiro atoms. The lowest BCUT2D eigenvalue weighted by molar-refractivity contribution is 0.448. The lowest BCUT2D eigenvalue weighted by Crippen LogP contribution is -1.91. The van der Waals surface area contributed by atoms with E-state index in [2.05, 4.69) is 6.92 Å². The Morgan fingerprint density at radius 1 is 1.17 bits per heavy atom. The summed E-state index contributed by atoms with van der Waals surface area (Å²) in [5.41, 5.74) is 1.62. The summed E-state index contributed by atoms with van der Waals surface area (Å²) >= 11 is 0. The summed E-state index contributed by atoms with van der Waals surface area (Å²) in [4.78, 5) is 0. The monoisotopic (exact) mass is 246 g/mol. The highest BCUT2D eigenvalue weighted by Gasteiger charge is 2.14. The van der Waals surface area contributed by atoms with Crippen molar-refractivity contribution in [2.75, 3.05) is 0 Å². The molecule has 0 unspecified atom stereocenters. The van der Waals surface area contributed by atoms with Crippen LogP contribution in [0.1, 0.15) is 31.7 Å². The maximum atomic E-state index is 9.98. The molecule has 0 atom stereocenters. The van der Waals surface area contributed by atoms with E-state index in [1.165, 1.54) is 6.07 Å². The Morgan fingerprint density at radius 3 is 2.67 bits per heavy atom. The van der Waals surface area contributed by atoms with Gasteiger partial charge in [0.2, 0.25) is 0 Å². The number of phenolic OH excluding ortho intramolecular Hbond substituents is 2. The Balaban J connectivity index is 2.36. The molecule has 0 aliphatic carbocycles. The van der Waals surface area contributed by atoms with Crippen LogP contribution < -0.4 is 0 Å². The van der Waals surface area contributed by atoms with E-state index in [0.29, 0.717) is 11.3 Å². The number of hydrogen-bond donors (Lipinski definition) is 2. The number of hydrogen-bond acceptors (Lipinski definition) is 3. The van der Waals surface area contributed by atoms with Crippen LogP contribution in [0.3, 0.4) is 0 Å². The SMILES string of the molecule is CCCCCc1cc(O)cc(O)c1-c1ccco1. The maximum absolute atomic E-state index is 9.98. The minimum atomic E-state index is 0.0662. The van der Waals surface area contributed by atoms with Gasteiger partial charge in [-0.15, -0.1) is 0 Å². The van der Waals surface area contributed by atoms with Gasteiger partial charge in [-0.25, -0.2) is 0 Å². The Kier molecular flexibility index (Phi) is 3.92. The van der Waals surface area contributed by atoms with Crippen LogP contribution in [0.2, 0.25) is 0 Å². The molecule has 2 aromatic rings. The number of aromatic hydroxyl groups is 2. The molecular formula is C15H18O3. The fourth-order valence-electron chi connectivity index (χ4n) is 2.14. The van der Waals surface area contributed by atoms with Gasteiger partial charge in [0.05, 0.1) is 11.8 Å². The summed E-state index contributed by atoms with van der Waals surface area (Å²) in [5.74, 6) is 0.796.